The Kier molecular flexibility index (Phi) is 4.44. The molecule has 0 radical (unpaired) electrons. The molecule has 0 aromatic heterocycles. The Hall–Kier alpha value is -2.69. The third-order valence-electron chi connectivity index (χ3n) is 2.49. The summed E-state index contributed by atoms with van der Waals surface area (Å²) in [4.78, 5) is 10.6. The first-order valence-electron chi connectivity index (χ1n) is 6.07. The molecular weight excluding hydrogens is 256 g/mol. The van der Waals surface area contributed by atoms with Gasteiger partial charge in [-0.3, -0.25) is 0 Å². The predicted molar refractivity (Wildman–Crippen MR) is 74.9 cm³/mol. The average Bonchev–Trinajstić information content (AvgIpc) is 2.45. The fourth-order valence-electron chi connectivity index (χ4n) is 1.57. The van der Waals surface area contributed by atoms with Gasteiger partial charge in [-0.2, -0.15) is 5.11 Å². The first-order chi connectivity index (χ1) is 9.65. The van der Waals surface area contributed by atoms with E-state index in [9.17, 15) is 4.79 Å². The van der Waals surface area contributed by atoms with Crippen molar-refractivity contribution >= 4 is 17.3 Å². The lowest BCUT2D eigenvalue weighted by Gasteiger charge is -2.06. The van der Waals surface area contributed by atoms with Gasteiger partial charge < -0.3 is 9.84 Å². The number of carbonyl (C=O) groups is 1. The molecule has 102 valence electrons. The molecule has 0 aliphatic carbocycles. The van der Waals surface area contributed by atoms with Crippen LogP contribution in [0.15, 0.2) is 58.8 Å². The van der Waals surface area contributed by atoms with Gasteiger partial charge >= 0.3 is 5.97 Å². The van der Waals surface area contributed by atoms with E-state index in [2.05, 4.69) is 10.2 Å². The minimum absolute atomic E-state index is 0.401. The third-order valence-corrected chi connectivity index (χ3v) is 2.49. The third kappa shape index (κ3) is 3.91. The molecule has 0 aliphatic heterocycles. The number of benzene rings is 2. The van der Waals surface area contributed by atoms with Crippen molar-refractivity contribution in [3.63, 3.8) is 0 Å². The molecule has 0 unspecified atom stereocenters. The van der Waals surface area contributed by atoms with E-state index in [1.807, 2.05) is 43.3 Å². The van der Waals surface area contributed by atoms with Crippen molar-refractivity contribution in [2.45, 2.75) is 6.92 Å². The van der Waals surface area contributed by atoms with Crippen LogP contribution < -0.4 is 4.74 Å². The summed E-state index contributed by atoms with van der Waals surface area (Å²) in [5, 5.41) is 16.9. The molecule has 5 nitrogen and oxygen atoms in total. The summed E-state index contributed by atoms with van der Waals surface area (Å²) in [6, 6.07) is 14.6. The first-order valence-corrected chi connectivity index (χ1v) is 6.07. The molecule has 0 atom stereocenters. The second kappa shape index (κ2) is 6.47. The Bertz CT molecular complexity index is 624. The number of hydrogen-bond acceptors (Lipinski definition) is 4. The zero-order valence-electron chi connectivity index (χ0n) is 11.0. The molecule has 1 N–H and O–H groups in total. The van der Waals surface area contributed by atoms with Gasteiger partial charge in [-0.15, -0.1) is 5.11 Å². The van der Waals surface area contributed by atoms with Crippen molar-refractivity contribution in [1.29, 1.82) is 0 Å². The summed E-state index contributed by atoms with van der Waals surface area (Å²) in [7, 11) is 0. The molecule has 0 amide bonds. The molecule has 0 spiro atoms. The largest absolute Gasteiger partial charge is 0.480 e. The quantitative estimate of drug-likeness (QED) is 0.838. The van der Waals surface area contributed by atoms with E-state index in [0.717, 1.165) is 11.3 Å². The summed E-state index contributed by atoms with van der Waals surface area (Å²) in [6.45, 7) is 1.51. The standard InChI is InChI=1S/C15H14N2O3/c1-11-7-8-14(20-10-15(18)19)13(9-11)17-16-12-5-3-2-4-6-12/h2-9H,10H2,1H3,(H,18,19). The fourth-order valence-corrected chi connectivity index (χ4v) is 1.57. The van der Waals surface area contributed by atoms with E-state index in [-0.39, 0.29) is 0 Å². The van der Waals surface area contributed by atoms with Gasteiger partial charge in [-0.1, -0.05) is 24.3 Å². The van der Waals surface area contributed by atoms with Crippen molar-refractivity contribution in [3.05, 3.63) is 54.1 Å². The van der Waals surface area contributed by atoms with Crippen LogP contribution in [-0.2, 0) is 4.79 Å². The molecule has 0 saturated heterocycles. The lowest BCUT2D eigenvalue weighted by Crippen LogP contribution is -2.09. The average molecular weight is 270 g/mol. The molecule has 20 heavy (non-hydrogen) atoms. The van der Waals surface area contributed by atoms with Crippen molar-refractivity contribution in [1.82, 2.24) is 0 Å². The van der Waals surface area contributed by atoms with Crippen molar-refractivity contribution in [2.75, 3.05) is 6.61 Å². The zero-order chi connectivity index (χ0) is 14.4. The van der Waals surface area contributed by atoms with Gasteiger partial charge in [0.15, 0.2) is 6.61 Å². The Labute approximate surface area is 116 Å². The van der Waals surface area contributed by atoms with Crippen LogP contribution >= 0.6 is 0 Å². The number of hydrogen-bond donors (Lipinski definition) is 1. The molecule has 2 aromatic rings. The molecule has 0 fully saturated rings. The van der Waals surface area contributed by atoms with Gasteiger partial charge in [-0.05, 0) is 36.8 Å². The van der Waals surface area contributed by atoms with Crippen LogP contribution in [0.5, 0.6) is 5.75 Å². The Morgan fingerprint density at radius 1 is 1.15 bits per heavy atom. The highest BCUT2D eigenvalue weighted by molar-refractivity contribution is 5.69. The topological polar surface area (TPSA) is 71.2 Å². The summed E-state index contributed by atoms with van der Waals surface area (Å²) in [5.74, 6) is -0.630. The van der Waals surface area contributed by atoms with Gasteiger partial charge in [0.05, 0.1) is 5.69 Å². The van der Waals surface area contributed by atoms with Crippen LogP contribution in [0.4, 0.5) is 11.4 Å². The Morgan fingerprint density at radius 3 is 2.60 bits per heavy atom. The number of nitrogens with zero attached hydrogens (tertiary/aromatic N) is 2. The summed E-state index contributed by atoms with van der Waals surface area (Å²) >= 11 is 0. The second-order valence-electron chi connectivity index (χ2n) is 4.19. The van der Waals surface area contributed by atoms with Crippen LogP contribution in [0.1, 0.15) is 5.56 Å². The minimum atomic E-state index is -1.03. The molecule has 5 heteroatoms. The maximum absolute atomic E-state index is 10.6. The number of aryl methyl sites for hydroxylation is 1. The molecule has 2 rings (SSSR count). The van der Waals surface area contributed by atoms with Gasteiger partial charge in [0.1, 0.15) is 11.4 Å². The normalized spacial score (nSPS) is 10.7. The monoisotopic (exact) mass is 270 g/mol. The van der Waals surface area contributed by atoms with E-state index >= 15 is 0 Å². The smallest absolute Gasteiger partial charge is 0.341 e. The van der Waals surface area contributed by atoms with Gasteiger partial charge in [0.2, 0.25) is 0 Å². The second-order valence-corrected chi connectivity index (χ2v) is 4.19. The van der Waals surface area contributed by atoms with E-state index in [0.29, 0.717) is 11.4 Å². The first kappa shape index (κ1) is 13.7. The number of rotatable bonds is 5. The highest BCUT2D eigenvalue weighted by Crippen LogP contribution is 2.30. The molecule has 0 bridgehead atoms. The fraction of sp³-hybridized carbons (Fsp3) is 0.133. The SMILES string of the molecule is Cc1ccc(OCC(=O)O)c(N=Nc2ccccc2)c1. The van der Waals surface area contributed by atoms with Crippen molar-refractivity contribution < 1.29 is 14.6 Å². The van der Waals surface area contributed by atoms with E-state index in [1.54, 1.807) is 12.1 Å². The van der Waals surface area contributed by atoms with Crippen LogP contribution in [-0.4, -0.2) is 17.7 Å². The van der Waals surface area contributed by atoms with E-state index in [4.69, 9.17) is 9.84 Å². The number of ether oxygens (including phenoxy) is 1. The predicted octanol–water partition coefficient (Wildman–Crippen LogP) is 3.87. The molecular formula is C15H14N2O3. The summed E-state index contributed by atoms with van der Waals surface area (Å²) < 4.78 is 5.19. The maximum atomic E-state index is 10.6. The Morgan fingerprint density at radius 2 is 1.90 bits per heavy atom. The maximum Gasteiger partial charge on any atom is 0.341 e. The highest BCUT2D eigenvalue weighted by atomic mass is 16.5. The number of carboxylic acids is 1. The van der Waals surface area contributed by atoms with Crippen molar-refractivity contribution in [2.24, 2.45) is 10.2 Å². The number of carboxylic acid groups (broad SMARTS) is 1. The van der Waals surface area contributed by atoms with Crippen molar-refractivity contribution in [3.8, 4) is 5.75 Å². The van der Waals surface area contributed by atoms with Crippen LogP contribution in [0.2, 0.25) is 0 Å². The van der Waals surface area contributed by atoms with Gasteiger partial charge in [-0.25, -0.2) is 4.79 Å². The molecule has 0 aliphatic rings. The summed E-state index contributed by atoms with van der Waals surface area (Å²) in [6.07, 6.45) is 0. The van der Waals surface area contributed by atoms with Crippen LogP contribution in [0.3, 0.4) is 0 Å². The lowest BCUT2D eigenvalue weighted by atomic mass is 10.2. The molecule has 2 aromatic carbocycles. The number of aliphatic carboxylic acids is 1. The Balaban J connectivity index is 2.23. The lowest BCUT2D eigenvalue weighted by molar-refractivity contribution is -0.139. The number of azo groups is 1. The van der Waals surface area contributed by atoms with Gasteiger partial charge in [0, 0.05) is 0 Å². The molecule has 0 saturated carbocycles. The molecule has 0 heterocycles. The van der Waals surface area contributed by atoms with Crippen LogP contribution in [0, 0.1) is 6.92 Å². The highest BCUT2D eigenvalue weighted by Gasteiger charge is 2.06. The van der Waals surface area contributed by atoms with Gasteiger partial charge in [0.25, 0.3) is 0 Å². The van der Waals surface area contributed by atoms with E-state index in [1.165, 1.54) is 0 Å². The zero-order valence-corrected chi connectivity index (χ0v) is 11.0. The van der Waals surface area contributed by atoms with Crippen LogP contribution in [0.25, 0.3) is 0 Å². The van der Waals surface area contributed by atoms with E-state index < -0.39 is 12.6 Å². The summed E-state index contributed by atoms with van der Waals surface area (Å²) in [5.41, 5.74) is 2.22. The minimum Gasteiger partial charge on any atom is -0.480 e.